The van der Waals surface area contributed by atoms with Crippen LogP contribution < -0.4 is 5.32 Å². The molecule has 1 N–H and O–H groups in total. The predicted molar refractivity (Wildman–Crippen MR) is 59.6 cm³/mol. The molecule has 84 valence electrons. The highest BCUT2D eigenvalue weighted by Crippen LogP contribution is 2.42. The van der Waals surface area contributed by atoms with Gasteiger partial charge in [-0.05, 0) is 18.8 Å². The fourth-order valence-electron chi connectivity index (χ4n) is 1.89. The van der Waals surface area contributed by atoms with Crippen molar-refractivity contribution >= 4 is 0 Å². The van der Waals surface area contributed by atoms with Gasteiger partial charge in [0.15, 0.2) is 6.39 Å². The zero-order valence-corrected chi connectivity index (χ0v) is 9.79. The minimum Gasteiger partial charge on any atom is -0.448 e. The topological polar surface area (TPSA) is 38.1 Å². The van der Waals surface area contributed by atoms with E-state index in [-0.39, 0.29) is 0 Å². The third kappa shape index (κ3) is 2.59. The van der Waals surface area contributed by atoms with Gasteiger partial charge in [0.25, 0.3) is 0 Å². The summed E-state index contributed by atoms with van der Waals surface area (Å²) in [5.74, 6) is 2.46. The molecule has 1 aliphatic carbocycles. The molecular weight excluding hydrogens is 188 g/mol. The Labute approximate surface area is 91.3 Å². The highest BCUT2D eigenvalue weighted by molar-refractivity contribution is 5.14. The van der Waals surface area contributed by atoms with E-state index in [2.05, 4.69) is 31.1 Å². The number of hydrogen-bond acceptors (Lipinski definition) is 3. The molecule has 1 aromatic rings. The summed E-state index contributed by atoms with van der Waals surface area (Å²) in [6.45, 7) is 7.35. The van der Waals surface area contributed by atoms with Crippen molar-refractivity contribution in [2.24, 2.45) is 5.92 Å². The molecule has 0 aliphatic heterocycles. The molecule has 0 amide bonds. The number of oxazole rings is 1. The van der Waals surface area contributed by atoms with E-state index in [1.54, 1.807) is 6.39 Å². The summed E-state index contributed by atoms with van der Waals surface area (Å²) < 4.78 is 5.51. The quantitative estimate of drug-likeness (QED) is 0.808. The van der Waals surface area contributed by atoms with Crippen LogP contribution in [0.2, 0.25) is 0 Å². The van der Waals surface area contributed by atoms with Gasteiger partial charge in [0.1, 0.15) is 5.76 Å². The zero-order chi connectivity index (χ0) is 10.8. The largest absolute Gasteiger partial charge is 0.448 e. The van der Waals surface area contributed by atoms with Gasteiger partial charge in [0.2, 0.25) is 0 Å². The van der Waals surface area contributed by atoms with Gasteiger partial charge in [-0.1, -0.05) is 20.8 Å². The van der Waals surface area contributed by atoms with Crippen molar-refractivity contribution in [3.8, 4) is 0 Å². The molecule has 15 heavy (non-hydrogen) atoms. The van der Waals surface area contributed by atoms with E-state index >= 15 is 0 Å². The maximum atomic E-state index is 5.51. The first-order valence-electron chi connectivity index (χ1n) is 5.84. The molecule has 2 rings (SSSR count). The highest BCUT2D eigenvalue weighted by atomic mass is 16.3. The van der Waals surface area contributed by atoms with Crippen LogP contribution in [0.3, 0.4) is 0 Å². The van der Waals surface area contributed by atoms with E-state index in [1.807, 2.05) is 0 Å². The van der Waals surface area contributed by atoms with Gasteiger partial charge in [-0.2, -0.15) is 0 Å². The standard InChI is InChI=1S/C12H20N2O/c1-8(2)13-6-11-12(15-7-14-11)9(3)10-4-5-10/h7-10,13H,4-6H2,1-3H3. The molecule has 1 heterocycles. The van der Waals surface area contributed by atoms with Gasteiger partial charge in [-0.25, -0.2) is 4.98 Å². The third-order valence-electron chi connectivity index (χ3n) is 3.09. The predicted octanol–water partition coefficient (Wildman–Crippen LogP) is 2.69. The molecule has 0 spiro atoms. The van der Waals surface area contributed by atoms with Crippen LogP contribution >= 0.6 is 0 Å². The molecule has 1 unspecified atom stereocenters. The van der Waals surface area contributed by atoms with Crippen molar-refractivity contribution in [2.75, 3.05) is 0 Å². The van der Waals surface area contributed by atoms with Gasteiger partial charge in [0.05, 0.1) is 5.69 Å². The molecule has 3 heteroatoms. The Balaban J connectivity index is 2.00. The van der Waals surface area contributed by atoms with E-state index in [1.165, 1.54) is 12.8 Å². The van der Waals surface area contributed by atoms with E-state index in [0.29, 0.717) is 12.0 Å². The summed E-state index contributed by atoms with van der Waals surface area (Å²) in [6, 6.07) is 0.491. The van der Waals surface area contributed by atoms with Gasteiger partial charge in [-0.3, -0.25) is 0 Å². The highest BCUT2D eigenvalue weighted by Gasteiger charge is 2.32. The van der Waals surface area contributed by atoms with Gasteiger partial charge in [-0.15, -0.1) is 0 Å². The maximum Gasteiger partial charge on any atom is 0.181 e. The van der Waals surface area contributed by atoms with Crippen molar-refractivity contribution in [2.45, 2.75) is 52.1 Å². The number of rotatable bonds is 5. The van der Waals surface area contributed by atoms with Crippen molar-refractivity contribution in [1.82, 2.24) is 10.3 Å². The molecule has 0 saturated heterocycles. The molecule has 3 nitrogen and oxygen atoms in total. The second kappa shape index (κ2) is 4.35. The first kappa shape index (κ1) is 10.7. The lowest BCUT2D eigenvalue weighted by Crippen LogP contribution is -2.22. The SMILES string of the molecule is CC(C)NCc1ncoc1C(C)C1CC1. The first-order chi connectivity index (χ1) is 7.18. The van der Waals surface area contributed by atoms with E-state index < -0.39 is 0 Å². The Kier molecular flexibility index (Phi) is 3.10. The normalized spacial score (nSPS) is 18.4. The second-order valence-corrected chi connectivity index (χ2v) is 4.83. The summed E-state index contributed by atoms with van der Waals surface area (Å²) in [5.41, 5.74) is 1.09. The maximum absolute atomic E-state index is 5.51. The Morgan fingerprint density at radius 2 is 2.20 bits per heavy atom. The Morgan fingerprint density at radius 1 is 1.47 bits per heavy atom. The first-order valence-corrected chi connectivity index (χ1v) is 5.84. The third-order valence-corrected chi connectivity index (χ3v) is 3.09. The molecule has 1 aromatic heterocycles. The van der Waals surface area contributed by atoms with Crippen LogP contribution in [0.15, 0.2) is 10.8 Å². The average Bonchev–Trinajstić information content (AvgIpc) is 2.93. The zero-order valence-electron chi connectivity index (χ0n) is 9.79. The van der Waals surface area contributed by atoms with Gasteiger partial charge >= 0.3 is 0 Å². The van der Waals surface area contributed by atoms with Crippen LogP contribution in [-0.4, -0.2) is 11.0 Å². The van der Waals surface area contributed by atoms with Crippen molar-refractivity contribution in [3.05, 3.63) is 17.8 Å². The molecule has 1 atom stereocenters. The fraction of sp³-hybridized carbons (Fsp3) is 0.750. The lowest BCUT2D eigenvalue weighted by atomic mass is 10.0. The fourth-order valence-corrected chi connectivity index (χ4v) is 1.89. The molecule has 0 aromatic carbocycles. The molecule has 1 aliphatic rings. The number of hydrogen-bond donors (Lipinski definition) is 1. The van der Waals surface area contributed by atoms with Crippen LogP contribution in [0, 0.1) is 5.92 Å². The molecule has 1 saturated carbocycles. The Hall–Kier alpha value is -0.830. The summed E-state index contributed by atoms with van der Waals surface area (Å²) in [7, 11) is 0. The molecule has 1 fully saturated rings. The summed E-state index contributed by atoms with van der Waals surface area (Å²) in [6.07, 6.45) is 4.27. The summed E-state index contributed by atoms with van der Waals surface area (Å²) in [4.78, 5) is 4.29. The lowest BCUT2D eigenvalue weighted by molar-refractivity contribution is 0.442. The van der Waals surface area contributed by atoms with Gasteiger partial charge in [0, 0.05) is 18.5 Å². The van der Waals surface area contributed by atoms with Gasteiger partial charge < -0.3 is 9.73 Å². The van der Waals surface area contributed by atoms with Crippen LogP contribution in [0.4, 0.5) is 0 Å². The number of aromatic nitrogens is 1. The second-order valence-electron chi connectivity index (χ2n) is 4.83. The molecule has 0 radical (unpaired) electrons. The monoisotopic (exact) mass is 208 g/mol. The van der Waals surface area contributed by atoms with Crippen LogP contribution in [0.25, 0.3) is 0 Å². The average molecular weight is 208 g/mol. The minimum atomic E-state index is 0.491. The van der Waals surface area contributed by atoms with E-state index in [4.69, 9.17) is 4.42 Å². The van der Waals surface area contributed by atoms with Crippen molar-refractivity contribution in [1.29, 1.82) is 0 Å². The summed E-state index contributed by atoms with van der Waals surface area (Å²) >= 11 is 0. The Bertz CT molecular complexity index is 315. The molecule has 0 bridgehead atoms. The van der Waals surface area contributed by atoms with Crippen LogP contribution in [0.1, 0.15) is 51.0 Å². The Morgan fingerprint density at radius 3 is 2.80 bits per heavy atom. The van der Waals surface area contributed by atoms with Crippen LogP contribution in [0.5, 0.6) is 0 Å². The minimum absolute atomic E-state index is 0.491. The van der Waals surface area contributed by atoms with E-state index in [9.17, 15) is 0 Å². The van der Waals surface area contributed by atoms with Crippen molar-refractivity contribution in [3.63, 3.8) is 0 Å². The number of nitrogens with one attached hydrogen (secondary N) is 1. The van der Waals surface area contributed by atoms with Crippen LogP contribution in [-0.2, 0) is 6.54 Å². The van der Waals surface area contributed by atoms with Crippen molar-refractivity contribution < 1.29 is 4.42 Å². The molecular formula is C12H20N2O. The summed E-state index contributed by atoms with van der Waals surface area (Å²) in [5, 5.41) is 3.38. The lowest BCUT2D eigenvalue weighted by Gasteiger charge is -2.10. The van der Waals surface area contributed by atoms with E-state index in [0.717, 1.165) is 23.9 Å². The number of nitrogens with zero attached hydrogens (tertiary/aromatic N) is 1. The smallest absolute Gasteiger partial charge is 0.181 e.